The smallest absolute Gasteiger partial charge is 0.267 e. The van der Waals surface area contributed by atoms with Crippen molar-refractivity contribution in [2.24, 2.45) is 0 Å². The first-order valence-electron chi connectivity index (χ1n) is 5.64. The first-order valence-corrected chi connectivity index (χ1v) is 6.44. The molecule has 1 aromatic carbocycles. The van der Waals surface area contributed by atoms with E-state index < -0.39 is 0 Å². The number of nitrogens with one attached hydrogen (secondary N) is 1. The second-order valence-corrected chi connectivity index (χ2v) is 4.94. The first kappa shape index (κ1) is 13.5. The molecular formula is C13H12BrN3O2. The maximum atomic E-state index is 11.8. The van der Waals surface area contributed by atoms with Crippen molar-refractivity contribution < 1.29 is 4.79 Å². The van der Waals surface area contributed by atoms with Crippen LogP contribution in [0.5, 0.6) is 0 Å². The summed E-state index contributed by atoms with van der Waals surface area (Å²) in [5.74, 6) is -0.286. The number of aryl methyl sites for hydroxylation is 1. The van der Waals surface area contributed by atoms with E-state index >= 15 is 0 Å². The zero-order valence-corrected chi connectivity index (χ0v) is 11.8. The van der Waals surface area contributed by atoms with Crippen LogP contribution in [0.4, 0.5) is 5.69 Å². The lowest BCUT2D eigenvalue weighted by atomic mass is 10.2. The number of hydrogen-bond acceptors (Lipinski definition) is 3. The Morgan fingerprint density at radius 3 is 2.89 bits per heavy atom. The number of rotatable bonds is 3. The Morgan fingerprint density at radius 2 is 2.21 bits per heavy atom. The summed E-state index contributed by atoms with van der Waals surface area (Å²) in [4.78, 5) is 23.3. The lowest BCUT2D eigenvalue weighted by molar-refractivity contribution is -0.117. The molecule has 2 aromatic rings. The topological polar surface area (TPSA) is 64.0 Å². The predicted octanol–water partition coefficient (Wildman–Crippen LogP) is 1.95. The molecule has 1 aromatic heterocycles. The fraction of sp³-hybridized carbons (Fsp3) is 0.154. The highest BCUT2D eigenvalue weighted by Crippen LogP contribution is 2.19. The van der Waals surface area contributed by atoms with E-state index in [9.17, 15) is 9.59 Å². The summed E-state index contributed by atoms with van der Waals surface area (Å²) in [5, 5.41) is 6.59. The minimum atomic E-state index is -0.301. The van der Waals surface area contributed by atoms with Crippen LogP contribution in [-0.4, -0.2) is 15.7 Å². The average molecular weight is 322 g/mol. The van der Waals surface area contributed by atoms with Crippen LogP contribution in [0.2, 0.25) is 0 Å². The van der Waals surface area contributed by atoms with E-state index in [0.29, 0.717) is 0 Å². The number of nitrogens with zero attached hydrogens (tertiary/aromatic N) is 2. The van der Waals surface area contributed by atoms with Crippen LogP contribution < -0.4 is 10.9 Å². The van der Waals surface area contributed by atoms with E-state index in [1.54, 1.807) is 6.07 Å². The van der Waals surface area contributed by atoms with Crippen molar-refractivity contribution in [3.63, 3.8) is 0 Å². The summed E-state index contributed by atoms with van der Waals surface area (Å²) >= 11 is 3.36. The Kier molecular flexibility index (Phi) is 4.11. The molecule has 1 N–H and O–H groups in total. The third-order valence-corrected chi connectivity index (χ3v) is 3.03. The van der Waals surface area contributed by atoms with E-state index in [-0.39, 0.29) is 18.0 Å². The molecule has 6 heteroatoms. The van der Waals surface area contributed by atoms with Crippen molar-refractivity contribution in [3.05, 3.63) is 56.9 Å². The molecule has 0 saturated carbocycles. The number of carbonyl (C=O) groups is 1. The highest BCUT2D eigenvalue weighted by atomic mass is 79.9. The summed E-state index contributed by atoms with van der Waals surface area (Å²) in [6, 6.07) is 8.46. The zero-order chi connectivity index (χ0) is 13.8. The molecule has 0 fully saturated rings. The fourth-order valence-electron chi connectivity index (χ4n) is 1.60. The predicted molar refractivity (Wildman–Crippen MR) is 76.0 cm³/mol. The summed E-state index contributed by atoms with van der Waals surface area (Å²) in [5.41, 5.74) is 1.36. The SMILES string of the molecule is Cc1cc(Br)ccc1NC(=O)Cn1ncccc1=O. The van der Waals surface area contributed by atoms with Gasteiger partial charge in [-0.1, -0.05) is 15.9 Å². The number of aromatic nitrogens is 2. The van der Waals surface area contributed by atoms with E-state index in [2.05, 4.69) is 26.3 Å². The van der Waals surface area contributed by atoms with Gasteiger partial charge in [0.15, 0.2) is 0 Å². The molecular weight excluding hydrogens is 310 g/mol. The number of carbonyl (C=O) groups excluding carboxylic acids is 1. The Hall–Kier alpha value is -1.95. The minimum Gasteiger partial charge on any atom is -0.324 e. The van der Waals surface area contributed by atoms with Gasteiger partial charge >= 0.3 is 0 Å². The van der Waals surface area contributed by atoms with Gasteiger partial charge in [0, 0.05) is 22.4 Å². The highest BCUT2D eigenvalue weighted by molar-refractivity contribution is 9.10. The highest BCUT2D eigenvalue weighted by Gasteiger charge is 2.07. The average Bonchev–Trinajstić information content (AvgIpc) is 2.36. The maximum absolute atomic E-state index is 11.8. The molecule has 0 atom stereocenters. The monoisotopic (exact) mass is 321 g/mol. The minimum absolute atomic E-state index is 0.102. The number of amides is 1. The molecule has 0 spiro atoms. The van der Waals surface area contributed by atoms with Crippen LogP contribution in [0.1, 0.15) is 5.56 Å². The van der Waals surface area contributed by atoms with Gasteiger partial charge in [0.1, 0.15) is 6.54 Å². The van der Waals surface area contributed by atoms with Crippen molar-refractivity contribution in [3.8, 4) is 0 Å². The lowest BCUT2D eigenvalue weighted by Gasteiger charge is -2.09. The largest absolute Gasteiger partial charge is 0.324 e. The van der Waals surface area contributed by atoms with E-state index in [1.165, 1.54) is 18.3 Å². The van der Waals surface area contributed by atoms with Gasteiger partial charge in [-0.05, 0) is 36.8 Å². The number of anilines is 1. The molecule has 5 nitrogen and oxygen atoms in total. The Labute approximate surface area is 118 Å². The number of benzene rings is 1. The zero-order valence-electron chi connectivity index (χ0n) is 10.3. The van der Waals surface area contributed by atoms with Crippen LogP contribution in [0.25, 0.3) is 0 Å². The van der Waals surface area contributed by atoms with Crippen LogP contribution in [-0.2, 0) is 11.3 Å². The first-order chi connectivity index (χ1) is 9.06. The molecule has 0 aliphatic carbocycles. The maximum Gasteiger partial charge on any atom is 0.267 e. The van der Waals surface area contributed by atoms with Gasteiger partial charge in [-0.2, -0.15) is 5.10 Å². The van der Waals surface area contributed by atoms with Crippen molar-refractivity contribution in [2.45, 2.75) is 13.5 Å². The summed E-state index contributed by atoms with van der Waals surface area (Å²) < 4.78 is 2.06. The van der Waals surface area contributed by atoms with Crippen molar-refractivity contribution >= 4 is 27.5 Å². The number of hydrogen-bond donors (Lipinski definition) is 1. The molecule has 0 saturated heterocycles. The molecule has 1 amide bonds. The second-order valence-electron chi connectivity index (χ2n) is 4.03. The third kappa shape index (κ3) is 3.51. The summed E-state index contributed by atoms with van der Waals surface area (Å²) in [6.45, 7) is 1.79. The van der Waals surface area contributed by atoms with Crippen molar-refractivity contribution in [1.29, 1.82) is 0 Å². The van der Waals surface area contributed by atoms with Gasteiger partial charge < -0.3 is 5.32 Å². The van der Waals surface area contributed by atoms with Gasteiger partial charge in [-0.25, -0.2) is 4.68 Å². The van der Waals surface area contributed by atoms with Crippen LogP contribution in [0.15, 0.2) is 45.8 Å². The van der Waals surface area contributed by atoms with E-state index in [0.717, 1.165) is 20.4 Å². The summed E-state index contributed by atoms with van der Waals surface area (Å²) in [6.07, 6.45) is 1.47. The van der Waals surface area contributed by atoms with E-state index in [1.807, 2.05) is 19.1 Å². The third-order valence-electron chi connectivity index (χ3n) is 2.54. The lowest BCUT2D eigenvalue weighted by Crippen LogP contribution is -2.28. The van der Waals surface area contributed by atoms with Crippen LogP contribution in [0.3, 0.4) is 0 Å². The van der Waals surface area contributed by atoms with Gasteiger partial charge in [-0.3, -0.25) is 9.59 Å². The fourth-order valence-corrected chi connectivity index (χ4v) is 2.07. The summed E-state index contributed by atoms with van der Waals surface area (Å²) in [7, 11) is 0. The second kappa shape index (κ2) is 5.79. The molecule has 0 unspecified atom stereocenters. The van der Waals surface area contributed by atoms with Crippen molar-refractivity contribution in [2.75, 3.05) is 5.32 Å². The molecule has 19 heavy (non-hydrogen) atoms. The molecule has 0 aliphatic rings. The van der Waals surface area contributed by atoms with Crippen LogP contribution >= 0.6 is 15.9 Å². The number of halogens is 1. The molecule has 1 heterocycles. The quantitative estimate of drug-likeness (QED) is 0.939. The van der Waals surface area contributed by atoms with Gasteiger partial charge in [-0.15, -0.1) is 0 Å². The Balaban J connectivity index is 2.10. The standard InChI is InChI=1S/C13H12BrN3O2/c1-9-7-10(14)4-5-11(9)16-12(18)8-17-13(19)3-2-6-15-17/h2-7H,8H2,1H3,(H,16,18). The molecule has 0 bridgehead atoms. The molecule has 0 radical (unpaired) electrons. The van der Waals surface area contributed by atoms with E-state index in [4.69, 9.17) is 0 Å². The van der Waals surface area contributed by atoms with Gasteiger partial charge in [0.2, 0.25) is 5.91 Å². The Morgan fingerprint density at radius 1 is 1.42 bits per heavy atom. The van der Waals surface area contributed by atoms with Crippen LogP contribution in [0, 0.1) is 6.92 Å². The molecule has 2 rings (SSSR count). The van der Waals surface area contributed by atoms with Gasteiger partial charge in [0.05, 0.1) is 0 Å². The normalized spacial score (nSPS) is 10.2. The van der Waals surface area contributed by atoms with Crippen molar-refractivity contribution in [1.82, 2.24) is 9.78 Å². The Bertz CT molecular complexity index is 667. The van der Waals surface area contributed by atoms with Gasteiger partial charge in [0.25, 0.3) is 5.56 Å². The molecule has 0 aliphatic heterocycles. The molecule has 98 valence electrons.